The van der Waals surface area contributed by atoms with Gasteiger partial charge < -0.3 is 19.3 Å². The molecule has 0 saturated carbocycles. The third kappa shape index (κ3) is 4.77. The van der Waals surface area contributed by atoms with Crippen molar-refractivity contribution < 1.29 is 36.6 Å². The van der Waals surface area contributed by atoms with E-state index >= 15 is 0 Å². The number of halogens is 4. The zero-order chi connectivity index (χ0) is 25.4. The smallest absolute Gasteiger partial charge is 0.445 e. The van der Waals surface area contributed by atoms with Crippen molar-refractivity contribution in [2.24, 2.45) is 11.8 Å². The highest BCUT2D eigenvalue weighted by Gasteiger charge is 2.44. The highest BCUT2D eigenvalue weighted by Crippen LogP contribution is 2.33. The van der Waals surface area contributed by atoms with Crippen LogP contribution in [-0.4, -0.2) is 75.9 Å². The fourth-order valence-corrected chi connectivity index (χ4v) is 4.56. The van der Waals surface area contributed by atoms with Crippen LogP contribution in [0.2, 0.25) is 0 Å². The molecule has 36 heavy (non-hydrogen) atoms. The third-order valence-electron chi connectivity index (χ3n) is 6.40. The highest BCUT2D eigenvalue weighted by atomic mass is 19.3. The molecule has 2 fully saturated rings. The summed E-state index contributed by atoms with van der Waals surface area (Å²) >= 11 is 0. The van der Waals surface area contributed by atoms with Gasteiger partial charge in [0.15, 0.2) is 0 Å². The van der Waals surface area contributed by atoms with Crippen LogP contribution in [0.5, 0.6) is 5.75 Å². The number of fused-ring (bicyclic) bond motifs is 2. The summed E-state index contributed by atoms with van der Waals surface area (Å²) < 4.78 is 59.8. The molecule has 1 N–H and O–H groups in total. The van der Waals surface area contributed by atoms with Gasteiger partial charge in [-0.05, 0) is 35.9 Å². The molecule has 2 aliphatic heterocycles. The molecule has 3 aromatic rings. The van der Waals surface area contributed by atoms with Crippen LogP contribution < -0.4 is 4.74 Å². The van der Waals surface area contributed by atoms with Gasteiger partial charge in [0.05, 0.1) is 5.52 Å². The molecule has 0 unspecified atom stereocenters. The predicted molar refractivity (Wildman–Crippen MR) is 117 cm³/mol. The number of ether oxygens (including phenoxy) is 2. The van der Waals surface area contributed by atoms with Gasteiger partial charge in [0.1, 0.15) is 17.9 Å². The van der Waals surface area contributed by atoms with E-state index in [-0.39, 0.29) is 24.3 Å². The van der Waals surface area contributed by atoms with E-state index in [4.69, 9.17) is 4.74 Å². The molecule has 5 rings (SSSR count). The molecule has 13 heteroatoms. The molecule has 2 saturated heterocycles. The van der Waals surface area contributed by atoms with Crippen LogP contribution in [0.3, 0.4) is 0 Å². The van der Waals surface area contributed by atoms with Crippen LogP contribution in [-0.2, 0) is 11.3 Å². The Labute approximate surface area is 201 Å². The molecule has 2 atom stereocenters. The number of hydrogen-bond acceptors (Lipinski definition) is 6. The number of H-pyrrole nitrogens is 1. The van der Waals surface area contributed by atoms with Gasteiger partial charge >= 0.3 is 18.6 Å². The molecule has 0 bridgehead atoms. The second-order valence-corrected chi connectivity index (χ2v) is 8.84. The summed E-state index contributed by atoms with van der Waals surface area (Å²) in [5.41, 5.74) is 2.37. The Bertz CT molecular complexity index is 1250. The molecular formula is C23H21F4N5O4. The van der Waals surface area contributed by atoms with Crippen molar-refractivity contribution in [3.05, 3.63) is 53.6 Å². The summed E-state index contributed by atoms with van der Waals surface area (Å²) in [7, 11) is 0. The molecule has 3 heterocycles. The van der Waals surface area contributed by atoms with Gasteiger partial charge in [-0.15, -0.1) is 5.10 Å². The van der Waals surface area contributed by atoms with E-state index in [1.165, 1.54) is 12.1 Å². The zero-order valence-electron chi connectivity index (χ0n) is 18.7. The number of aromatic amines is 1. The molecule has 190 valence electrons. The standard InChI is InChI=1S/C23H21F4N5O4/c24-21(25)23(26,27)36-17-4-1-13(2-5-17)12-35-22(34)32-10-15-8-31(9-16(15)11-32)20(33)14-3-6-18-19(7-14)29-30-28-18/h1-7,15-16,21H,8-12H2,(H,28,29,30)/t15-,16-/m0/s1. The van der Waals surface area contributed by atoms with Crippen molar-refractivity contribution in [3.8, 4) is 5.75 Å². The lowest BCUT2D eigenvalue weighted by molar-refractivity contribution is -0.253. The van der Waals surface area contributed by atoms with Crippen LogP contribution in [0.4, 0.5) is 22.4 Å². The predicted octanol–water partition coefficient (Wildman–Crippen LogP) is 3.54. The number of likely N-dealkylation sites (tertiary alicyclic amines) is 2. The first-order chi connectivity index (χ1) is 17.2. The van der Waals surface area contributed by atoms with Gasteiger partial charge in [-0.25, -0.2) is 4.79 Å². The summed E-state index contributed by atoms with van der Waals surface area (Å²) in [6.45, 7) is 1.82. The molecule has 9 nitrogen and oxygen atoms in total. The molecule has 2 amide bonds. The minimum absolute atomic E-state index is 0.0952. The third-order valence-corrected chi connectivity index (χ3v) is 6.40. The molecular weight excluding hydrogens is 486 g/mol. The Morgan fingerprint density at radius 2 is 1.69 bits per heavy atom. The van der Waals surface area contributed by atoms with Crippen molar-refractivity contribution in [2.45, 2.75) is 19.1 Å². The minimum atomic E-state index is -4.59. The van der Waals surface area contributed by atoms with Crippen molar-refractivity contribution in [2.75, 3.05) is 26.2 Å². The quantitative estimate of drug-likeness (QED) is 0.513. The first kappa shape index (κ1) is 23.8. The number of carbonyl (C=O) groups is 2. The topological polar surface area (TPSA) is 101 Å². The number of nitrogens with zero attached hydrogens (tertiary/aromatic N) is 4. The Balaban J connectivity index is 1.10. The van der Waals surface area contributed by atoms with E-state index in [0.29, 0.717) is 42.8 Å². The molecule has 0 aliphatic carbocycles. The maximum atomic E-state index is 13.0. The zero-order valence-corrected chi connectivity index (χ0v) is 18.7. The number of benzene rings is 2. The second-order valence-electron chi connectivity index (χ2n) is 8.84. The fraction of sp³-hybridized carbons (Fsp3) is 0.391. The van der Waals surface area contributed by atoms with Gasteiger partial charge in [0, 0.05) is 43.6 Å². The van der Waals surface area contributed by atoms with Crippen molar-refractivity contribution >= 4 is 23.0 Å². The van der Waals surface area contributed by atoms with Crippen LogP contribution >= 0.6 is 0 Å². The SMILES string of the molecule is O=C(OCc1ccc(OC(F)(F)C(F)F)cc1)N1C[C@@H]2CN(C(=O)c3ccc4[nH]nnc4c3)C[C@H]2C1. The Kier molecular flexibility index (Phi) is 6.14. The van der Waals surface area contributed by atoms with E-state index < -0.39 is 24.4 Å². The van der Waals surface area contributed by atoms with Crippen molar-refractivity contribution in [3.63, 3.8) is 0 Å². The van der Waals surface area contributed by atoms with Crippen molar-refractivity contribution in [1.29, 1.82) is 0 Å². The minimum Gasteiger partial charge on any atom is -0.445 e. The average molecular weight is 507 g/mol. The average Bonchev–Trinajstić information content (AvgIpc) is 3.57. The largest absolute Gasteiger partial charge is 0.461 e. The Hall–Kier alpha value is -3.90. The van der Waals surface area contributed by atoms with Gasteiger partial charge in [-0.3, -0.25) is 9.89 Å². The molecule has 1 aromatic heterocycles. The number of alkyl halides is 4. The number of hydrogen-bond donors (Lipinski definition) is 1. The van der Waals surface area contributed by atoms with E-state index in [9.17, 15) is 27.2 Å². The van der Waals surface area contributed by atoms with Crippen LogP contribution in [0.1, 0.15) is 15.9 Å². The maximum absolute atomic E-state index is 13.0. The summed E-state index contributed by atoms with van der Waals surface area (Å²) in [6.07, 6.45) is -9.07. The lowest BCUT2D eigenvalue weighted by Gasteiger charge is -2.21. The summed E-state index contributed by atoms with van der Waals surface area (Å²) in [5.74, 6) is -0.264. The van der Waals surface area contributed by atoms with Crippen LogP contribution in [0, 0.1) is 11.8 Å². The first-order valence-corrected chi connectivity index (χ1v) is 11.2. The number of rotatable bonds is 6. The van der Waals surface area contributed by atoms with Crippen molar-refractivity contribution in [1.82, 2.24) is 25.2 Å². The normalized spacial score (nSPS) is 19.7. The Morgan fingerprint density at radius 3 is 2.36 bits per heavy atom. The van der Waals surface area contributed by atoms with E-state index in [1.54, 1.807) is 28.0 Å². The van der Waals surface area contributed by atoms with Crippen LogP contribution in [0.25, 0.3) is 11.0 Å². The maximum Gasteiger partial charge on any atom is 0.461 e. The first-order valence-electron chi connectivity index (χ1n) is 11.2. The number of aromatic nitrogens is 3. The van der Waals surface area contributed by atoms with Gasteiger partial charge in [-0.2, -0.15) is 17.6 Å². The van der Waals surface area contributed by atoms with Gasteiger partial charge in [0.2, 0.25) is 0 Å². The highest BCUT2D eigenvalue weighted by molar-refractivity contribution is 5.97. The monoisotopic (exact) mass is 507 g/mol. The molecule has 2 aliphatic rings. The number of amides is 2. The van der Waals surface area contributed by atoms with E-state index in [2.05, 4.69) is 20.1 Å². The summed E-state index contributed by atoms with van der Waals surface area (Å²) in [5, 5.41) is 10.4. The molecule has 2 aromatic carbocycles. The second kappa shape index (κ2) is 9.28. The lowest BCUT2D eigenvalue weighted by Crippen LogP contribution is -2.35. The van der Waals surface area contributed by atoms with Crippen LogP contribution in [0.15, 0.2) is 42.5 Å². The van der Waals surface area contributed by atoms with Gasteiger partial charge in [-0.1, -0.05) is 17.3 Å². The lowest BCUT2D eigenvalue weighted by atomic mass is 10.0. The fourth-order valence-electron chi connectivity index (χ4n) is 4.56. The van der Waals surface area contributed by atoms with Gasteiger partial charge in [0.25, 0.3) is 5.91 Å². The van der Waals surface area contributed by atoms with E-state index in [0.717, 1.165) is 17.6 Å². The number of carbonyl (C=O) groups excluding carboxylic acids is 2. The molecule has 0 spiro atoms. The number of nitrogens with one attached hydrogen (secondary N) is 1. The van der Waals surface area contributed by atoms with E-state index in [1.807, 2.05) is 0 Å². The Morgan fingerprint density at radius 1 is 1.03 bits per heavy atom. The molecule has 0 radical (unpaired) electrons. The summed E-state index contributed by atoms with van der Waals surface area (Å²) in [4.78, 5) is 28.8. The summed E-state index contributed by atoms with van der Waals surface area (Å²) in [6, 6.07) is 10.1.